The summed E-state index contributed by atoms with van der Waals surface area (Å²) in [6.45, 7) is 3.84. The molecule has 0 amide bonds. The summed E-state index contributed by atoms with van der Waals surface area (Å²) in [4.78, 5) is 20.7. The third kappa shape index (κ3) is 3.44. The second kappa shape index (κ2) is 6.80. The topological polar surface area (TPSA) is 64.1 Å². The second-order valence-electron chi connectivity index (χ2n) is 5.35. The molecule has 0 fully saturated rings. The standard InChI is InChI=1S/C18H17N3O2S/c1-11-9-13(7-8-14(11)17(22)23-3)15-10-24-18(20-15)21-16-6-4-5-12(2)19-16/h4-10H,1-3H3,(H,19,20,21). The summed E-state index contributed by atoms with van der Waals surface area (Å²) >= 11 is 1.51. The molecule has 0 spiro atoms. The van der Waals surface area contributed by atoms with Gasteiger partial charge in [-0.25, -0.2) is 14.8 Å². The molecule has 122 valence electrons. The number of hydrogen-bond donors (Lipinski definition) is 1. The van der Waals surface area contributed by atoms with Crippen molar-refractivity contribution in [3.63, 3.8) is 0 Å². The second-order valence-corrected chi connectivity index (χ2v) is 6.21. The maximum atomic E-state index is 11.7. The molecule has 1 N–H and O–H groups in total. The Morgan fingerprint density at radius 3 is 2.71 bits per heavy atom. The lowest BCUT2D eigenvalue weighted by atomic mass is 10.0. The molecule has 0 aliphatic carbocycles. The Hall–Kier alpha value is -2.73. The Labute approximate surface area is 144 Å². The highest BCUT2D eigenvalue weighted by Crippen LogP contribution is 2.28. The van der Waals surface area contributed by atoms with Crippen LogP contribution in [0.5, 0.6) is 0 Å². The summed E-state index contributed by atoms with van der Waals surface area (Å²) in [5.41, 5.74) is 4.20. The van der Waals surface area contributed by atoms with E-state index >= 15 is 0 Å². The minimum Gasteiger partial charge on any atom is -0.465 e. The first kappa shape index (κ1) is 16.1. The van der Waals surface area contributed by atoms with Crippen molar-refractivity contribution in [2.24, 2.45) is 0 Å². The van der Waals surface area contributed by atoms with Gasteiger partial charge >= 0.3 is 5.97 Å². The van der Waals surface area contributed by atoms with E-state index in [0.717, 1.165) is 33.5 Å². The Kier molecular flexibility index (Phi) is 4.57. The van der Waals surface area contributed by atoms with E-state index < -0.39 is 0 Å². The van der Waals surface area contributed by atoms with E-state index in [1.54, 1.807) is 6.07 Å². The number of pyridine rings is 1. The summed E-state index contributed by atoms with van der Waals surface area (Å²) < 4.78 is 4.77. The van der Waals surface area contributed by atoms with Crippen molar-refractivity contribution in [3.05, 3.63) is 58.6 Å². The van der Waals surface area contributed by atoms with Gasteiger partial charge in [0.15, 0.2) is 5.13 Å². The number of methoxy groups -OCH3 is 1. The summed E-state index contributed by atoms with van der Waals surface area (Å²) in [5, 5.41) is 5.96. The lowest BCUT2D eigenvalue weighted by molar-refractivity contribution is 0.0600. The number of esters is 1. The number of benzene rings is 1. The molecule has 24 heavy (non-hydrogen) atoms. The summed E-state index contributed by atoms with van der Waals surface area (Å²) in [7, 11) is 1.38. The molecule has 6 heteroatoms. The van der Waals surface area contributed by atoms with Gasteiger partial charge in [0.1, 0.15) is 5.82 Å². The molecule has 0 aliphatic heterocycles. The molecule has 3 aromatic rings. The zero-order valence-corrected chi connectivity index (χ0v) is 14.5. The van der Waals surface area contributed by atoms with Gasteiger partial charge in [-0.15, -0.1) is 11.3 Å². The molecular formula is C18H17N3O2S. The van der Waals surface area contributed by atoms with E-state index in [9.17, 15) is 4.79 Å². The van der Waals surface area contributed by atoms with Crippen LogP contribution in [0.15, 0.2) is 41.8 Å². The van der Waals surface area contributed by atoms with Crippen molar-refractivity contribution in [2.75, 3.05) is 12.4 Å². The molecule has 5 nitrogen and oxygen atoms in total. The van der Waals surface area contributed by atoms with Gasteiger partial charge in [0.25, 0.3) is 0 Å². The first-order valence-electron chi connectivity index (χ1n) is 7.42. The monoisotopic (exact) mass is 339 g/mol. The lowest BCUT2D eigenvalue weighted by Crippen LogP contribution is -2.03. The number of nitrogens with zero attached hydrogens (tertiary/aromatic N) is 2. The average molecular weight is 339 g/mol. The normalized spacial score (nSPS) is 10.5. The molecule has 0 atom stereocenters. The maximum absolute atomic E-state index is 11.7. The summed E-state index contributed by atoms with van der Waals surface area (Å²) in [6, 6.07) is 11.4. The number of carbonyl (C=O) groups excluding carboxylic acids is 1. The Balaban J connectivity index is 1.83. The van der Waals surface area contributed by atoms with Crippen LogP contribution in [-0.4, -0.2) is 23.0 Å². The summed E-state index contributed by atoms with van der Waals surface area (Å²) in [5.74, 6) is 0.443. The van der Waals surface area contributed by atoms with E-state index in [1.165, 1.54) is 18.4 Å². The van der Waals surface area contributed by atoms with Crippen LogP contribution in [0.25, 0.3) is 11.3 Å². The van der Waals surface area contributed by atoms with E-state index in [1.807, 2.05) is 49.6 Å². The number of nitrogens with one attached hydrogen (secondary N) is 1. The Bertz CT molecular complexity index is 889. The zero-order chi connectivity index (χ0) is 17.1. The molecule has 2 heterocycles. The Morgan fingerprint density at radius 2 is 2.00 bits per heavy atom. The largest absolute Gasteiger partial charge is 0.465 e. The van der Waals surface area contributed by atoms with E-state index in [0.29, 0.717) is 5.56 Å². The van der Waals surface area contributed by atoms with Crippen molar-refractivity contribution < 1.29 is 9.53 Å². The SMILES string of the molecule is COC(=O)c1ccc(-c2csc(Nc3cccc(C)n3)n2)cc1C. The van der Waals surface area contributed by atoms with Gasteiger partial charge in [-0.1, -0.05) is 12.1 Å². The first-order valence-corrected chi connectivity index (χ1v) is 8.30. The highest BCUT2D eigenvalue weighted by molar-refractivity contribution is 7.14. The van der Waals surface area contributed by atoms with Crippen molar-refractivity contribution >= 4 is 28.3 Å². The van der Waals surface area contributed by atoms with E-state index in [2.05, 4.69) is 15.3 Å². The molecule has 0 saturated heterocycles. The van der Waals surface area contributed by atoms with Crippen molar-refractivity contribution in [1.29, 1.82) is 0 Å². The van der Waals surface area contributed by atoms with Crippen LogP contribution in [0.1, 0.15) is 21.6 Å². The molecule has 2 aromatic heterocycles. The molecule has 0 unspecified atom stereocenters. The molecule has 0 saturated carbocycles. The number of aryl methyl sites for hydroxylation is 2. The van der Waals surface area contributed by atoms with Gasteiger partial charge in [0.05, 0.1) is 18.4 Å². The quantitative estimate of drug-likeness (QED) is 0.716. The number of rotatable bonds is 4. The highest BCUT2D eigenvalue weighted by atomic mass is 32.1. The third-order valence-electron chi connectivity index (χ3n) is 3.55. The fourth-order valence-electron chi connectivity index (χ4n) is 2.35. The average Bonchev–Trinajstić information content (AvgIpc) is 3.02. The molecule has 0 aliphatic rings. The van der Waals surface area contributed by atoms with Crippen LogP contribution >= 0.6 is 11.3 Å². The lowest BCUT2D eigenvalue weighted by Gasteiger charge is -2.05. The molecule has 3 rings (SSSR count). The molecule has 0 radical (unpaired) electrons. The molecule has 1 aromatic carbocycles. The van der Waals surface area contributed by atoms with Crippen LogP contribution in [0.4, 0.5) is 10.9 Å². The van der Waals surface area contributed by atoms with Gasteiger partial charge < -0.3 is 10.1 Å². The minimum absolute atomic E-state index is 0.329. The number of thiazole rings is 1. The maximum Gasteiger partial charge on any atom is 0.338 e. The van der Waals surface area contributed by atoms with Gasteiger partial charge in [-0.3, -0.25) is 0 Å². The van der Waals surface area contributed by atoms with Gasteiger partial charge in [-0.05, 0) is 43.7 Å². The number of hydrogen-bond acceptors (Lipinski definition) is 6. The van der Waals surface area contributed by atoms with Crippen molar-refractivity contribution in [2.45, 2.75) is 13.8 Å². The molecule has 0 bridgehead atoms. The van der Waals surface area contributed by atoms with Crippen molar-refractivity contribution in [1.82, 2.24) is 9.97 Å². The van der Waals surface area contributed by atoms with Crippen LogP contribution < -0.4 is 5.32 Å². The molecular weight excluding hydrogens is 322 g/mol. The third-order valence-corrected chi connectivity index (χ3v) is 4.31. The van der Waals surface area contributed by atoms with Gasteiger partial charge in [0, 0.05) is 16.6 Å². The predicted octanol–water partition coefficient (Wildman–Crippen LogP) is 4.35. The minimum atomic E-state index is -0.329. The predicted molar refractivity (Wildman–Crippen MR) is 95.9 cm³/mol. The first-order chi connectivity index (χ1) is 11.6. The van der Waals surface area contributed by atoms with Gasteiger partial charge in [-0.2, -0.15) is 0 Å². The van der Waals surface area contributed by atoms with Crippen LogP contribution in [-0.2, 0) is 4.74 Å². The van der Waals surface area contributed by atoms with Crippen LogP contribution in [0.3, 0.4) is 0 Å². The number of anilines is 2. The zero-order valence-electron chi connectivity index (χ0n) is 13.7. The van der Waals surface area contributed by atoms with E-state index in [-0.39, 0.29) is 5.97 Å². The number of ether oxygens (including phenoxy) is 1. The van der Waals surface area contributed by atoms with Crippen LogP contribution in [0.2, 0.25) is 0 Å². The Morgan fingerprint density at radius 1 is 1.17 bits per heavy atom. The van der Waals surface area contributed by atoms with E-state index in [4.69, 9.17) is 4.74 Å². The summed E-state index contributed by atoms with van der Waals surface area (Å²) in [6.07, 6.45) is 0. The number of carbonyl (C=O) groups is 1. The smallest absolute Gasteiger partial charge is 0.338 e. The fraction of sp³-hybridized carbons (Fsp3) is 0.167. The number of aromatic nitrogens is 2. The van der Waals surface area contributed by atoms with Crippen LogP contribution in [0, 0.1) is 13.8 Å². The fourth-order valence-corrected chi connectivity index (χ4v) is 3.07. The van der Waals surface area contributed by atoms with Gasteiger partial charge in [0.2, 0.25) is 0 Å². The van der Waals surface area contributed by atoms with Crippen molar-refractivity contribution in [3.8, 4) is 11.3 Å². The highest BCUT2D eigenvalue weighted by Gasteiger charge is 2.11.